The third-order valence-electron chi connectivity index (χ3n) is 4.53. The van der Waals surface area contributed by atoms with Gasteiger partial charge < -0.3 is 19.3 Å². The zero-order chi connectivity index (χ0) is 18.3. The summed E-state index contributed by atoms with van der Waals surface area (Å²) in [5.74, 6) is 1.31. The van der Waals surface area contributed by atoms with Crippen LogP contribution in [0.4, 0.5) is 5.69 Å². The molecular weight excluding hydrogens is 334 g/mol. The Balaban J connectivity index is 1.73. The van der Waals surface area contributed by atoms with Crippen molar-refractivity contribution in [2.75, 3.05) is 19.5 Å². The molecule has 1 aliphatic rings. The Bertz CT molecular complexity index is 992. The standard InChI is InChI=1S/C19H19N3O4/c1-10-17-13(9-15(11-4-5-11)21-19(17)26-22-10)18(23)20-14-7-6-12(24-2)8-16(14)25-3/h6-9,11H,4-5H2,1-3H3,(H,20,23). The van der Waals surface area contributed by atoms with Crippen LogP contribution in [0.3, 0.4) is 0 Å². The number of amides is 1. The number of aromatic nitrogens is 2. The van der Waals surface area contributed by atoms with Crippen molar-refractivity contribution in [3.05, 3.63) is 41.2 Å². The number of methoxy groups -OCH3 is 2. The second-order valence-electron chi connectivity index (χ2n) is 6.34. The minimum Gasteiger partial charge on any atom is -0.497 e. The maximum absolute atomic E-state index is 13.0. The molecule has 26 heavy (non-hydrogen) atoms. The Morgan fingerprint density at radius 2 is 2.04 bits per heavy atom. The topological polar surface area (TPSA) is 86.5 Å². The lowest BCUT2D eigenvalue weighted by Crippen LogP contribution is -2.14. The molecule has 7 nitrogen and oxygen atoms in total. The zero-order valence-electron chi connectivity index (χ0n) is 14.8. The summed E-state index contributed by atoms with van der Waals surface area (Å²) in [6.07, 6.45) is 2.16. The van der Waals surface area contributed by atoms with Crippen LogP contribution in [-0.4, -0.2) is 30.3 Å². The molecule has 0 unspecified atom stereocenters. The van der Waals surface area contributed by atoms with Crippen LogP contribution in [0.15, 0.2) is 28.8 Å². The van der Waals surface area contributed by atoms with Crippen LogP contribution in [-0.2, 0) is 0 Å². The number of rotatable bonds is 5. The molecule has 1 saturated carbocycles. The van der Waals surface area contributed by atoms with Gasteiger partial charge in [-0.1, -0.05) is 5.16 Å². The third-order valence-corrected chi connectivity index (χ3v) is 4.53. The molecule has 3 aromatic rings. The number of anilines is 1. The molecule has 134 valence electrons. The first-order valence-corrected chi connectivity index (χ1v) is 8.41. The van der Waals surface area contributed by atoms with Gasteiger partial charge in [0.1, 0.15) is 11.5 Å². The average Bonchev–Trinajstić information content (AvgIpc) is 3.45. The number of hydrogen-bond donors (Lipinski definition) is 1. The predicted molar refractivity (Wildman–Crippen MR) is 96.0 cm³/mol. The van der Waals surface area contributed by atoms with Crippen LogP contribution in [0, 0.1) is 6.92 Å². The van der Waals surface area contributed by atoms with Crippen LogP contribution in [0.1, 0.15) is 40.5 Å². The van der Waals surface area contributed by atoms with Gasteiger partial charge in [0.2, 0.25) is 0 Å². The zero-order valence-corrected chi connectivity index (χ0v) is 14.8. The molecule has 0 atom stereocenters. The van der Waals surface area contributed by atoms with Crippen molar-refractivity contribution in [1.82, 2.24) is 10.1 Å². The van der Waals surface area contributed by atoms with E-state index in [0.717, 1.165) is 18.5 Å². The lowest BCUT2D eigenvalue weighted by molar-refractivity contribution is 0.102. The normalized spacial score (nSPS) is 13.7. The van der Waals surface area contributed by atoms with Crippen molar-refractivity contribution >= 4 is 22.7 Å². The molecule has 0 saturated heterocycles. The van der Waals surface area contributed by atoms with Crippen molar-refractivity contribution in [2.45, 2.75) is 25.7 Å². The highest BCUT2D eigenvalue weighted by atomic mass is 16.5. The van der Waals surface area contributed by atoms with Crippen molar-refractivity contribution in [2.24, 2.45) is 0 Å². The molecule has 1 aliphatic carbocycles. The highest BCUT2D eigenvalue weighted by Gasteiger charge is 2.28. The molecule has 1 aromatic carbocycles. The summed E-state index contributed by atoms with van der Waals surface area (Å²) in [6, 6.07) is 7.07. The Kier molecular flexibility index (Phi) is 3.99. The van der Waals surface area contributed by atoms with Gasteiger partial charge in [0.05, 0.1) is 36.6 Å². The first-order valence-electron chi connectivity index (χ1n) is 8.41. The van der Waals surface area contributed by atoms with Gasteiger partial charge in [0.15, 0.2) is 0 Å². The number of benzene rings is 1. The monoisotopic (exact) mass is 353 g/mol. The second-order valence-corrected chi connectivity index (χ2v) is 6.34. The quantitative estimate of drug-likeness (QED) is 0.753. The fourth-order valence-corrected chi connectivity index (χ4v) is 2.97. The van der Waals surface area contributed by atoms with E-state index in [1.807, 2.05) is 6.07 Å². The highest BCUT2D eigenvalue weighted by Crippen LogP contribution is 2.40. The number of ether oxygens (including phenoxy) is 2. The van der Waals surface area contributed by atoms with E-state index in [1.165, 1.54) is 0 Å². The van der Waals surface area contributed by atoms with Gasteiger partial charge in [-0.05, 0) is 38.0 Å². The molecule has 2 aromatic heterocycles. The van der Waals surface area contributed by atoms with Gasteiger partial charge in [-0.2, -0.15) is 0 Å². The van der Waals surface area contributed by atoms with E-state index < -0.39 is 0 Å². The molecule has 0 bridgehead atoms. The number of fused-ring (bicyclic) bond motifs is 1. The smallest absolute Gasteiger partial charge is 0.259 e. The molecular formula is C19H19N3O4. The van der Waals surface area contributed by atoms with Crippen molar-refractivity contribution in [3.8, 4) is 11.5 Å². The van der Waals surface area contributed by atoms with Gasteiger partial charge in [-0.15, -0.1) is 0 Å². The number of aryl methyl sites for hydroxylation is 1. The summed E-state index contributed by atoms with van der Waals surface area (Å²) < 4.78 is 15.8. The summed E-state index contributed by atoms with van der Waals surface area (Å²) in [5.41, 5.74) is 2.99. The van der Waals surface area contributed by atoms with Crippen molar-refractivity contribution in [3.63, 3.8) is 0 Å². The SMILES string of the molecule is COc1ccc(NC(=O)c2cc(C3CC3)nc3onc(C)c23)c(OC)c1. The van der Waals surface area contributed by atoms with E-state index in [4.69, 9.17) is 14.0 Å². The number of hydrogen-bond acceptors (Lipinski definition) is 6. The van der Waals surface area contributed by atoms with Crippen LogP contribution in [0.25, 0.3) is 11.1 Å². The van der Waals surface area contributed by atoms with Crippen molar-refractivity contribution in [1.29, 1.82) is 0 Å². The fraction of sp³-hybridized carbons (Fsp3) is 0.316. The summed E-state index contributed by atoms with van der Waals surface area (Å²) >= 11 is 0. The van der Waals surface area contributed by atoms with Gasteiger partial charge in [-0.3, -0.25) is 4.79 Å². The van der Waals surface area contributed by atoms with E-state index >= 15 is 0 Å². The molecule has 4 rings (SSSR count). The molecule has 1 N–H and O–H groups in total. The Labute approximate surface area is 150 Å². The van der Waals surface area contributed by atoms with Crippen LogP contribution < -0.4 is 14.8 Å². The average molecular weight is 353 g/mol. The lowest BCUT2D eigenvalue weighted by Gasteiger charge is -2.12. The largest absolute Gasteiger partial charge is 0.497 e. The second kappa shape index (κ2) is 6.33. The minimum atomic E-state index is -0.255. The number of carbonyl (C=O) groups excluding carboxylic acids is 1. The van der Waals surface area contributed by atoms with E-state index in [0.29, 0.717) is 45.5 Å². The van der Waals surface area contributed by atoms with Gasteiger partial charge in [0, 0.05) is 17.7 Å². The summed E-state index contributed by atoms with van der Waals surface area (Å²) in [5, 5.41) is 7.51. The molecule has 1 amide bonds. The lowest BCUT2D eigenvalue weighted by atomic mass is 10.1. The number of carbonyl (C=O) groups is 1. The highest BCUT2D eigenvalue weighted by molar-refractivity contribution is 6.12. The van der Waals surface area contributed by atoms with E-state index in [1.54, 1.807) is 39.3 Å². The molecule has 7 heteroatoms. The fourth-order valence-electron chi connectivity index (χ4n) is 2.97. The van der Waals surface area contributed by atoms with Crippen LogP contribution >= 0.6 is 0 Å². The molecule has 0 spiro atoms. The molecule has 1 fully saturated rings. The first-order chi connectivity index (χ1) is 12.6. The van der Waals surface area contributed by atoms with Gasteiger partial charge in [-0.25, -0.2) is 4.98 Å². The van der Waals surface area contributed by atoms with Crippen LogP contribution in [0.5, 0.6) is 11.5 Å². The number of pyridine rings is 1. The third kappa shape index (κ3) is 2.85. The van der Waals surface area contributed by atoms with Crippen LogP contribution in [0.2, 0.25) is 0 Å². The first kappa shape index (κ1) is 16.4. The minimum absolute atomic E-state index is 0.255. The van der Waals surface area contributed by atoms with Gasteiger partial charge >= 0.3 is 0 Å². The molecule has 0 aliphatic heterocycles. The number of nitrogens with one attached hydrogen (secondary N) is 1. The van der Waals surface area contributed by atoms with Gasteiger partial charge in [0.25, 0.3) is 11.6 Å². The van der Waals surface area contributed by atoms with E-state index in [9.17, 15) is 4.79 Å². The van der Waals surface area contributed by atoms with Crippen molar-refractivity contribution < 1.29 is 18.8 Å². The summed E-state index contributed by atoms with van der Waals surface area (Å²) in [7, 11) is 3.12. The Hall–Kier alpha value is -3.09. The summed E-state index contributed by atoms with van der Waals surface area (Å²) in [4.78, 5) is 17.5. The maximum Gasteiger partial charge on any atom is 0.259 e. The molecule has 0 radical (unpaired) electrons. The van der Waals surface area contributed by atoms with E-state index in [-0.39, 0.29) is 5.91 Å². The maximum atomic E-state index is 13.0. The molecule has 2 heterocycles. The Morgan fingerprint density at radius 3 is 2.73 bits per heavy atom. The summed E-state index contributed by atoms with van der Waals surface area (Å²) in [6.45, 7) is 1.80. The number of nitrogens with zero attached hydrogens (tertiary/aromatic N) is 2. The Morgan fingerprint density at radius 1 is 1.23 bits per heavy atom. The predicted octanol–water partition coefficient (Wildman–Crippen LogP) is 3.68. The van der Waals surface area contributed by atoms with E-state index in [2.05, 4.69) is 15.5 Å².